The highest BCUT2D eigenvalue weighted by atomic mass is 79.9. The fourth-order valence-electron chi connectivity index (χ4n) is 1.92. The van der Waals surface area contributed by atoms with Crippen LogP contribution in [0.2, 0.25) is 5.02 Å². The largest absolute Gasteiger partial charge is 0.493 e. The zero-order valence-electron chi connectivity index (χ0n) is 13.2. The molecule has 0 bridgehead atoms. The zero-order valence-corrected chi connectivity index (χ0v) is 15.5. The second-order valence-corrected chi connectivity index (χ2v) is 6.10. The van der Waals surface area contributed by atoms with Gasteiger partial charge in [0.25, 0.3) is 0 Å². The average molecular weight is 412 g/mol. The van der Waals surface area contributed by atoms with Crippen LogP contribution < -0.4 is 14.9 Å². The number of halogens is 2. The Hall–Kier alpha value is -2.05. The summed E-state index contributed by atoms with van der Waals surface area (Å²) >= 11 is 9.60. The van der Waals surface area contributed by atoms with Gasteiger partial charge in [-0.05, 0) is 39.7 Å². The maximum atomic E-state index is 10.8. The van der Waals surface area contributed by atoms with E-state index in [1.54, 1.807) is 13.2 Å². The predicted octanol–water partition coefficient (Wildman–Crippen LogP) is 4.16. The first-order valence-electron chi connectivity index (χ1n) is 7.04. The van der Waals surface area contributed by atoms with Crippen LogP contribution in [-0.4, -0.2) is 19.2 Å². The highest BCUT2D eigenvalue weighted by Gasteiger charge is 2.12. The van der Waals surface area contributed by atoms with E-state index in [9.17, 15) is 4.79 Å². The van der Waals surface area contributed by atoms with Gasteiger partial charge in [-0.3, -0.25) is 4.79 Å². The lowest BCUT2D eigenvalue weighted by molar-refractivity contribution is -0.118. The van der Waals surface area contributed by atoms with E-state index < -0.39 is 0 Å². The molecule has 2 aromatic rings. The minimum absolute atomic E-state index is 0.239. The molecular formula is C17H16BrClN2O3. The van der Waals surface area contributed by atoms with Crippen LogP contribution in [0.25, 0.3) is 0 Å². The Bertz CT molecular complexity index is 765. The van der Waals surface area contributed by atoms with Crippen LogP contribution in [0.1, 0.15) is 18.1 Å². The zero-order chi connectivity index (χ0) is 17.5. The van der Waals surface area contributed by atoms with Gasteiger partial charge >= 0.3 is 0 Å². The van der Waals surface area contributed by atoms with E-state index in [0.29, 0.717) is 27.6 Å². The van der Waals surface area contributed by atoms with Gasteiger partial charge in [0.2, 0.25) is 5.91 Å². The van der Waals surface area contributed by atoms with Crippen molar-refractivity contribution in [3.63, 3.8) is 0 Å². The molecule has 24 heavy (non-hydrogen) atoms. The van der Waals surface area contributed by atoms with Crippen molar-refractivity contribution in [2.75, 3.05) is 7.11 Å². The summed E-state index contributed by atoms with van der Waals surface area (Å²) in [6, 6.07) is 11.1. The van der Waals surface area contributed by atoms with E-state index in [0.717, 1.165) is 11.1 Å². The van der Waals surface area contributed by atoms with Crippen LogP contribution in [0.5, 0.6) is 11.5 Å². The van der Waals surface area contributed by atoms with Crippen LogP contribution >= 0.6 is 27.5 Å². The van der Waals surface area contributed by atoms with Crippen molar-refractivity contribution in [3.8, 4) is 11.5 Å². The molecule has 0 aliphatic rings. The van der Waals surface area contributed by atoms with Crippen LogP contribution in [0.3, 0.4) is 0 Å². The topological polar surface area (TPSA) is 59.9 Å². The summed E-state index contributed by atoms with van der Waals surface area (Å²) < 4.78 is 11.9. The monoisotopic (exact) mass is 410 g/mol. The lowest BCUT2D eigenvalue weighted by atomic mass is 10.2. The van der Waals surface area contributed by atoms with E-state index in [2.05, 4.69) is 26.5 Å². The number of hydrogen-bond acceptors (Lipinski definition) is 4. The van der Waals surface area contributed by atoms with Crippen molar-refractivity contribution in [2.45, 2.75) is 13.5 Å². The van der Waals surface area contributed by atoms with Gasteiger partial charge in [0.15, 0.2) is 11.5 Å². The molecule has 7 heteroatoms. The standard InChI is InChI=1S/C17H16BrClN2O3/c1-11(22)21-20-9-12-7-14(18)17(16(8-12)23-2)24-10-13-5-3-4-6-15(13)19/h3-9H,10H2,1-2H3,(H,21,22)/b20-9-. The highest BCUT2D eigenvalue weighted by Crippen LogP contribution is 2.37. The van der Waals surface area contributed by atoms with Gasteiger partial charge in [-0.15, -0.1) is 0 Å². The van der Waals surface area contributed by atoms with Crippen LogP contribution in [-0.2, 0) is 11.4 Å². The summed E-state index contributed by atoms with van der Waals surface area (Å²) in [4.78, 5) is 10.8. The van der Waals surface area contributed by atoms with Crippen molar-refractivity contribution >= 4 is 39.7 Å². The maximum Gasteiger partial charge on any atom is 0.236 e. The van der Waals surface area contributed by atoms with Crippen molar-refractivity contribution < 1.29 is 14.3 Å². The summed E-state index contributed by atoms with van der Waals surface area (Å²) in [5.41, 5.74) is 3.97. The molecule has 1 amide bonds. The molecule has 1 N–H and O–H groups in total. The Morgan fingerprint density at radius 2 is 2.12 bits per heavy atom. The fraction of sp³-hybridized carbons (Fsp3) is 0.176. The number of rotatable bonds is 6. The molecular weight excluding hydrogens is 396 g/mol. The Morgan fingerprint density at radius 3 is 2.79 bits per heavy atom. The van der Waals surface area contributed by atoms with Gasteiger partial charge in [0.05, 0.1) is 17.8 Å². The van der Waals surface area contributed by atoms with Crippen LogP contribution in [0.15, 0.2) is 46.0 Å². The minimum atomic E-state index is -0.239. The third kappa shape index (κ3) is 4.97. The van der Waals surface area contributed by atoms with Gasteiger partial charge in [0, 0.05) is 17.5 Å². The molecule has 0 spiro atoms. The number of carbonyl (C=O) groups is 1. The lowest BCUT2D eigenvalue weighted by Crippen LogP contribution is -2.12. The molecule has 2 aromatic carbocycles. The van der Waals surface area contributed by atoms with Gasteiger partial charge < -0.3 is 9.47 Å². The van der Waals surface area contributed by atoms with E-state index in [1.807, 2.05) is 30.3 Å². The third-order valence-corrected chi connectivity index (χ3v) is 3.98. The Balaban J connectivity index is 2.19. The Morgan fingerprint density at radius 1 is 1.38 bits per heavy atom. The van der Waals surface area contributed by atoms with Crippen molar-refractivity contribution in [1.82, 2.24) is 5.43 Å². The quantitative estimate of drug-likeness (QED) is 0.573. The van der Waals surface area contributed by atoms with Crippen molar-refractivity contribution in [2.24, 2.45) is 5.10 Å². The van der Waals surface area contributed by atoms with Gasteiger partial charge in [-0.1, -0.05) is 29.8 Å². The van der Waals surface area contributed by atoms with Crippen LogP contribution in [0.4, 0.5) is 0 Å². The predicted molar refractivity (Wildman–Crippen MR) is 97.9 cm³/mol. The van der Waals surface area contributed by atoms with Gasteiger partial charge in [-0.25, -0.2) is 5.43 Å². The van der Waals surface area contributed by atoms with Crippen molar-refractivity contribution in [3.05, 3.63) is 57.0 Å². The van der Waals surface area contributed by atoms with E-state index in [1.165, 1.54) is 13.1 Å². The second-order valence-electron chi connectivity index (χ2n) is 4.84. The normalized spacial score (nSPS) is 10.7. The van der Waals surface area contributed by atoms with E-state index in [-0.39, 0.29) is 5.91 Å². The first-order chi connectivity index (χ1) is 11.5. The number of amides is 1. The molecule has 0 aliphatic heterocycles. The average Bonchev–Trinajstić information content (AvgIpc) is 2.54. The molecule has 5 nitrogen and oxygen atoms in total. The molecule has 0 unspecified atom stereocenters. The molecule has 0 aliphatic carbocycles. The second kappa shape index (κ2) is 8.70. The SMILES string of the molecule is COc1cc(/C=N\NC(C)=O)cc(Br)c1OCc1ccccc1Cl. The molecule has 0 aromatic heterocycles. The first-order valence-corrected chi connectivity index (χ1v) is 8.21. The molecule has 0 heterocycles. The molecule has 2 rings (SSSR count). The summed E-state index contributed by atoms with van der Waals surface area (Å²) in [5, 5.41) is 4.48. The molecule has 0 saturated carbocycles. The number of nitrogens with one attached hydrogen (secondary N) is 1. The van der Waals surface area contributed by atoms with E-state index in [4.69, 9.17) is 21.1 Å². The van der Waals surface area contributed by atoms with E-state index >= 15 is 0 Å². The third-order valence-electron chi connectivity index (χ3n) is 3.02. The number of hydrogen-bond donors (Lipinski definition) is 1. The fourth-order valence-corrected chi connectivity index (χ4v) is 2.68. The molecule has 0 fully saturated rings. The first kappa shape index (κ1) is 18.3. The van der Waals surface area contributed by atoms with Gasteiger partial charge in [0.1, 0.15) is 6.61 Å². The van der Waals surface area contributed by atoms with Crippen molar-refractivity contribution in [1.29, 1.82) is 0 Å². The maximum absolute atomic E-state index is 10.8. The summed E-state index contributed by atoms with van der Waals surface area (Å²) in [6.45, 7) is 1.70. The Kier molecular flexibility index (Phi) is 6.63. The smallest absolute Gasteiger partial charge is 0.236 e. The summed E-state index contributed by atoms with van der Waals surface area (Å²) in [6.07, 6.45) is 1.52. The molecule has 0 radical (unpaired) electrons. The summed E-state index contributed by atoms with van der Waals surface area (Å²) in [5.74, 6) is 0.867. The molecule has 0 atom stereocenters. The Labute approximate surface area is 153 Å². The minimum Gasteiger partial charge on any atom is -0.493 e. The molecule has 126 valence electrons. The number of nitrogens with zero attached hydrogens (tertiary/aromatic N) is 1. The van der Waals surface area contributed by atoms with Crippen LogP contribution in [0, 0.1) is 0 Å². The number of benzene rings is 2. The number of carbonyl (C=O) groups excluding carboxylic acids is 1. The number of methoxy groups -OCH3 is 1. The number of hydrazone groups is 1. The number of ether oxygens (including phenoxy) is 2. The highest BCUT2D eigenvalue weighted by molar-refractivity contribution is 9.10. The molecule has 0 saturated heterocycles. The lowest BCUT2D eigenvalue weighted by Gasteiger charge is -2.14. The summed E-state index contributed by atoms with van der Waals surface area (Å²) in [7, 11) is 1.55. The van der Waals surface area contributed by atoms with Gasteiger partial charge in [-0.2, -0.15) is 5.10 Å².